The van der Waals surface area contributed by atoms with E-state index in [1.54, 1.807) is 0 Å². The van der Waals surface area contributed by atoms with Crippen molar-refractivity contribution in [3.8, 4) is 5.75 Å². The summed E-state index contributed by atoms with van der Waals surface area (Å²) in [7, 11) is -4.73. The van der Waals surface area contributed by atoms with E-state index in [1.807, 2.05) is 0 Å². The van der Waals surface area contributed by atoms with Crippen molar-refractivity contribution in [2.45, 2.75) is 11.1 Å². The van der Waals surface area contributed by atoms with Crippen molar-refractivity contribution in [2.75, 3.05) is 0 Å². The van der Waals surface area contributed by atoms with Gasteiger partial charge in [0.15, 0.2) is 0 Å². The molecule has 0 bridgehead atoms. The number of halogens is 4. The van der Waals surface area contributed by atoms with Crippen molar-refractivity contribution in [3.05, 3.63) is 58.6 Å². The normalized spacial score (nSPS) is 12.0. The Morgan fingerprint density at radius 2 is 1.67 bits per heavy atom. The maximum absolute atomic E-state index is 12.8. The fourth-order valence-electron chi connectivity index (χ4n) is 1.77. The highest BCUT2D eigenvalue weighted by atomic mass is 35.5. The number of hydrogen-bond donors (Lipinski definition) is 1. The van der Waals surface area contributed by atoms with Crippen molar-refractivity contribution in [1.29, 1.82) is 0 Å². The van der Waals surface area contributed by atoms with Gasteiger partial charge in [0.2, 0.25) is 5.91 Å². The minimum Gasteiger partial charge on any atom is -0.379 e. The second kappa shape index (κ2) is 6.33. The zero-order valence-electron chi connectivity index (χ0n) is 11.7. The molecule has 0 aliphatic rings. The topological polar surface area (TPSA) is 86.5 Å². The molecular formula is C14H9ClF3NO4S. The lowest BCUT2D eigenvalue weighted by Gasteiger charge is -2.13. The average molecular weight is 380 g/mol. The van der Waals surface area contributed by atoms with Crippen molar-refractivity contribution < 1.29 is 30.6 Å². The van der Waals surface area contributed by atoms with Crippen LogP contribution in [0.4, 0.5) is 13.2 Å². The Bertz CT molecular complexity index is 880. The molecule has 2 rings (SSSR count). The molecule has 0 saturated carbocycles. The van der Waals surface area contributed by atoms with Gasteiger partial charge >= 0.3 is 16.3 Å². The lowest BCUT2D eigenvalue weighted by molar-refractivity contribution is -0.137. The van der Waals surface area contributed by atoms with Gasteiger partial charge in [0.05, 0.1) is 11.1 Å². The van der Waals surface area contributed by atoms with Gasteiger partial charge in [0, 0.05) is 5.02 Å². The molecule has 0 aliphatic carbocycles. The molecule has 2 N–H and O–H groups in total. The minimum absolute atomic E-state index is 0.188. The molecule has 0 radical (unpaired) electrons. The monoisotopic (exact) mass is 379 g/mol. The molecule has 0 unspecified atom stereocenters. The molecule has 0 aromatic heterocycles. The standard InChI is InChI=1S/C14H9ClF3NO4S/c15-9-2-4-10(5-3-9)23-24(21,22)12-7-8(14(16,17)18)1-6-11(12)13(19)20/h1-7H,(H2,19,20). The van der Waals surface area contributed by atoms with E-state index in [1.165, 1.54) is 24.3 Å². The van der Waals surface area contributed by atoms with Crippen molar-refractivity contribution in [2.24, 2.45) is 5.73 Å². The van der Waals surface area contributed by atoms with Crippen molar-refractivity contribution >= 4 is 27.6 Å². The van der Waals surface area contributed by atoms with Gasteiger partial charge in [0.25, 0.3) is 0 Å². The van der Waals surface area contributed by atoms with E-state index in [9.17, 15) is 26.4 Å². The smallest absolute Gasteiger partial charge is 0.379 e. The Morgan fingerprint density at radius 1 is 1.08 bits per heavy atom. The lowest BCUT2D eigenvalue weighted by Crippen LogP contribution is -2.20. The van der Waals surface area contributed by atoms with E-state index in [0.29, 0.717) is 23.2 Å². The van der Waals surface area contributed by atoms with Gasteiger partial charge in [-0.15, -0.1) is 0 Å². The zero-order chi connectivity index (χ0) is 18.1. The quantitative estimate of drug-likeness (QED) is 0.826. The fraction of sp³-hybridized carbons (Fsp3) is 0.0714. The molecule has 24 heavy (non-hydrogen) atoms. The summed E-state index contributed by atoms with van der Waals surface area (Å²) in [4.78, 5) is 10.4. The largest absolute Gasteiger partial charge is 0.416 e. The summed E-state index contributed by atoms with van der Waals surface area (Å²) < 4.78 is 67.6. The predicted octanol–water partition coefficient (Wildman–Crippen LogP) is 3.23. The predicted molar refractivity (Wildman–Crippen MR) is 79.2 cm³/mol. The van der Waals surface area contributed by atoms with Gasteiger partial charge in [-0.05, 0) is 42.5 Å². The number of alkyl halides is 3. The van der Waals surface area contributed by atoms with Crippen molar-refractivity contribution in [1.82, 2.24) is 0 Å². The Labute approximate surface area is 139 Å². The second-order valence-corrected chi connectivity index (χ2v) is 6.52. The highest BCUT2D eigenvalue weighted by Gasteiger charge is 2.34. The highest BCUT2D eigenvalue weighted by molar-refractivity contribution is 7.87. The summed E-state index contributed by atoms with van der Waals surface area (Å²) in [6.07, 6.45) is -4.80. The number of rotatable bonds is 4. The Hall–Kier alpha value is -2.26. The zero-order valence-corrected chi connectivity index (χ0v) is 13.2. The lowest BCUT2D eigenvalue weighted by atomic mass is 10.1. The molecule has 10 heteroatoms. The number of amides is 1. The van der Waals surface area contributed by atoms with Gasteiger partial charge < -0.3 is 9.92 Å². The van der Waals surface area contributed by atoms with Crippen LogP contribution in [0.15, 0.2) is 47.4 Å². The number of carbonyl (C=O) groups excluding carboxylic acids is 1. The van der Waals surface area contributed by atoms with Crippen LogP contribution in [0.1, 0.15) is 15.9 Å². The van der Waals surface area contributed by atoms with E-state index >= 15 is 0 Å². The maximum Gasteiger partial charge on any atom is 0.416 e. The molecule has 0 saturated heterocycles. The van der Waals surface area contributed by atoms with E-state index < -0.39 is 38.2 Å². The molecule has 0 fully saturated rings. The van der Waals surface area contributed by atoms with E-state index in [2.05, 4.69) is 0 Å². The molecule has 2 aromatic carbocycles. The highest BCUT2D eigenvalue weighted by Crippen LogP contribution is 2.32. The fourth-order valence-corrected chi connectivity index (χ4v) is 3.06. The number of hydrogen-bond acceptors (Lipinski definition) is 4. The minimum atomic E-state index is -4.80. The Morgan fingerprint density at radius 3 is 2.17 bits per heavy atom. The molecule has 128 valence electrons. The van der Waals surface area contributed by atoms with Crippen LogP contribution >= 0.6 is 11.6 Å². The van der Waals surface area contributed by atoms with Crippen LogP contribution < -0.4 is 9.92 Å². The second-order valence-electron chi connectivity index (χ2n) is 4.56. The summed E-state index contributed by atoms with van der Waals surface area (Å²) in [6.45, 7) is 0. The van der Waals surface area contributed by atoms with Gasteiger partial charge in [-0.25, -0.2) is 0 Å². The third-order valence-corrected chi connectivity index (χ3v) is 4.40. The molecule has 0 heterocycles. The molecule has 0 atom stereocenters. The first-order valence-electron chi connectivity index (χ1n) is 6.22. The van der Waals surface area contributed by atoms with Gasteiger partial charge in [-0.1, -0.05) is 11.6 Å². The molecule has 0 spiro atoms. The van der Waals surface area contributed by atoms with E-state index in [-0.39, 0.29) is 5.75 Å². The van der Waals surface area contributed by atoms with Crippen LogP contribution in [0, 0.1) is 0 Å². The number of carbonyl (C=O) groups is 1. The van der Waals surface area contributed by atoms with Crippen molar-refractivity contribution in [3.63, 3.8) is 0 Å². The van der Waals surface area contributed by atoms with E-state index in [0.717, 1.165) is 0 Å². The molecule has 2 aromatic rings. The van der Waals surface area contributed by atoms with Crippen LogP contribution in [0.25, 0.3) is 0 Å². The molecular weight excluding hydrogens is 371 g/mol. The Kier molecular flexibility index (Phi) is 4.77. The van der Waals surface area contributed by atoms with Crippen LogP contribution in [0.2, 0.25) is 5.02 Å². The molecule has 1 amide bonds. The van der Waals surface area contributed by atoms with Crippen LogP contribution in [0.5, 0.6) is 5.75 Å². The molecule has 0 aliphatic heterocycles. The summed E-state index contributed by atoms with van der Waals surface area (Å²) in [6, 6.07) is 6.60. The first kappa shape index (κ1) is 18.1. The summed E-state index contributed by atoms with van der Waals surface area (Å²) in [5.74, 6) is -1.39. The Balaban J connectivity index is 2.54. The first-order chi connectivity index (χ1) is 11.0. The third-order valence-electron chi connectivity index (χ3n) is 2.86. The van der Waals surface area contributed by atoms with Crippen LogP contribution in [0.3, 0.4) is 0 Å². The third kappa shape index (κ3) is 3.98. The van der Waals surface area contributed by atoms with Gasteiger partial charge in [0.1, 0.15) is 10.6 Å². The van der Waals surface area contributed by atoms with Gasteiger partial charge in [-0.2, -0.15) is 21.6 Å². The van der Waals surface area contributed by atoms with Crippen LogP contribution in [-0.4, -0.2) is 14.3 Å². The summed E-state index contributed by atoms with van der Waals surface area (Å²) >= 11 is 5.65. The van der Waals surface area contributed by atoms with Gasteiger partial charge in [-0.3, -0.25) is 4.79 Å². The van der Waals surface area contributed by atoms with Crippen LogP contribution in [-0.2, 0) is 16.3 Å². The SMILES string of the molecule is NC(=O)c1ccc(C(F)(F)F)cc1S(=O)(=O)Oc1ccc(Cl)cc1. The average Bonchev–Trinajstić information content (AvgIpc) is 2.48. The number of benzene rings is 2. The number of nitrogens with two attached hydrogens (primary N) is 1. The summed E-state index contributed by atoms with van der Waals surface area (Å²) in [5.41, 5.74) is 3.15. The number of primary amides is 1. The first-order valence-corrected chi connectivity index (χ1v) is 8.00. The summed E-state index contributed by atoms with van der Waals surface area (Å²) in [5, 5.41) is 0.302. The maximum atomic E-state index is 12.8. The van der Waals surface area contributed by atoms with E-state index in [4.69, 9.17) is 21.5 Å². The molecule has 5 nitrogen and oxygen atoms in total.